The van der Waals surface area contributed by atoms with Crippen molar-refractivity contribution in [3.63, 3.8) is 0 Å². The molecule has 13 heteroatoms. The van der Waals surface area contributed by atoms with Crippen molar-refractivity contribution in [2.45, 2.75) is 24.7 Å². The number of hydrogen-bond donors (Lipinski definition) is 1. The molecule has 1 saturated heterocycles. The van der Waals surface area contributed by atoms with Gasteiger partial charge in [0, 0.05) is 24.3 Å². The van der Waals surface area contributed by atoms with Crippen molar-refractivity contribution in [2.75, 3.05) is 6.61 Å². The molecule has 3 rings (SSSR count). The number of nitro benzene ring substituents is 2. The van der Waals surface area contributed by atoms with Gasteiger partial charge in [0.2, 0.25) is 0 Å². The van der Waals surface area contributed by atoms with Gasteiger partial charge in [0.05, 0.1) is 21.0 Å². The molecule has 32 heavy (non-hydrogen) atoms. The lowest BCUT2D eigenvalue weighted by Gasteiger charge is -2.19. The predicted octanol–water partition coefficient (Wildman–Crippen LogP) is 1.94. The average Bonchev–Trinajstić information content (AvgIpc) is 3.05. The van der Waals surface area contributed by atoms with Crippen molar-refractivity contribution in [2.24, 2.45) is 0 Å². The highest BCUT2D eigenvalue weighted by molar-refractivity contribution is 5.90. The van der Waals surface area contributed by atoms with Gasteiger partial charge in [-0.25, -0.2) is 14.0 Å². The number of aliphatic hydroxyl groups excluding tert-OH is 1. The zero-order chi connectivity index (χ0) is 23.4. The van der Waals surface area contributed by atoms with Gasteiger partial charge in [-0.1, -0.05) is 0 Å². The number of nitrogens with zero attached hydrogens (tertiary/aromatic N) is 2. The molecule has 0 aromatic heterocycles. The van der Waals surface area contributed by atoms with Gasteiger partial charge < -0.3 is 19.3 Å². The SMILES string of the molecule is O=C(OCC1OC(O)C(F)[C@@H]1OC(=O)c1ccc([N+](=O)[O-])cc1)c1ccc([N+](=O)[O-])cc1. The minimum Gasteiger partial charge on any atom is -0.459 e. The zero-order valence-electron chi connectivity index (χ0n) is 16.0. The van der Waals surface area contributed by atoms with Crippen LogP contribution < -0.4 is 0 Å². The molecule has 2 aromatic carbocycles. The van der Waals surface area contributed by atoms with E-state index in [2.05, 4.69) is 0 Å². The van der Waals surface area contributed by atoms with Crippen LogP contribution in [-0.4, -0.2) is 58.2 Å². The first-order valence-electron chi connectivity index (χ1n) is 9.02. The maximum atomic E-state index is 14.3. The van der Waals surface area contributed by atoms with E-state index in [0.29, 0.717) is 0 Å². The molecule has 0 saturated carbocycles. The summed E-state index contributed by atoms with van der Waals surface area (Å²) < 4.78 is 29.3. The predicted molar refractivity (Wildman–Crippen MR) is 101 cm³/mol. The van der Waals surface area contributed by atoms with E-state index in [1.807, 2.05) is 0 Å². The number of hydrogen-bond acceptors (Lipinski definition) is 10. The molecule has 0 amide bonds. The summed E-state index contributed by atoms with van der Waals surface area (Å²) >= 11 is 0. The smallest absolute Gasteiger partial charge is 0.338 e. The van der Waals surface area contributed by atoms with Crippen molar-refractivity contribution >= 4 is 23.3 Å². The van der Waals surface area contributed by atoms with E-state index >= 15 is 0 Å². The molecule has 1 fully saturated rings. The van der Waals surface area contributed by atoms with E-state index in [1.54, 1.807) is 0 Å². The Balaban J connectivity index is 1.63. The minimum absolute atomic E-state index is 0.0228. The molecule has 1 heterocycles. The maximum Gasteiger partial charge on any atom is 0.338 e. The van der Waals surface area contributed by atoms with Gasteiger partial charge >= 0.3 is 11.9 Å². The Hall–Kier alpha value is -3.97. The Labute approximate surface area is 178 Å². The molecular weight excluding hydrogens is 435 g/mol. The van der Waals surface area contributed by atoms with E-state index in [-0.39, 0.29) is 22.5 Å². The Morgan fingerprint density at radius 3 is 1.88 bits per heavy atom. The first-order chi connectivity index (χ1) is 15.2. The molecule has 1 N–H and O–H groups in total. The summed E-state index contributed by atoms with van der Waals surface area (Å²) in [5, 5.41) is 31.0. The molecule has 0 spiro atoms. The number of non-ortho nitro benzene ring substituents is 2. The van der Waals surface area contributed by atoms with Gasteiger partial charge in [0.15, 0.2) is 18.6 Å². The fourth-order valence-corrected chi connectivity index (χ4v) is 2.85. The molecule has 4 atom stereocenters. The average molecular weight is 450 g/mol. The van der Waals surface area contributed by atoms with Crippen molar-refractivity contribution in [3.8, 4) is 0 Å². The normalized spacial score (nSPS) is 22.2. The zero-order valence-corrected chi connectivity index (χ0v) is 16.0. The molecule has 1 aliphatic rings. The van der Waals surface area contributed by atoms with Crippen LogP contribution >= 0.6 is 0 Å². The van der Waals surface area contributed by atoms with Gasteiger partial charge in [-0.3, -0.25) is 20.2 Å². The van der Waals surface area contributed by atoms with E-state index in [4.69, 9.17) is 14.2 Å². The van der Waals surface area contributed by atoms with Crippen LogP contribution in [0, 0.1) is 20.2 Å². The molecular formula is C19H15FN2O10. The standard InChI is InChI=1S/C19H15FN2O10/c20-15-16(32-18(24)11-3-7-13(8-4-11)22(28)29)14(31-19(15)25)9-30-17(23)10-1-5-12(6-2-10)21(26)27/h1-8,14-16,19,25H,9H2/t14?,15?,16-,19?/m1/s1. The quantitative estimate of drug-likeness (QED) is 0.374. The lowest BCUT2D eigenvalue weighted by Crippen LogP contribution is -2.37. The Bertz CT molecular complexity index is 1030. The van der Waals surface area contributed by atoms with Gasteiger partial charge in [0.1, 0.15) is 12.7 Å². The summed E-state index contributed by atoms with van der Waals surface area (Å²) in [6, 6.07) is 8.87. The summed E-state index contributed by atoms with van der Waals surface area (Å²) in [6.45, 7) is -0.592. The van der Waals surface area contributed by atoms with Crippen molar-refractivity contribution in [1.82, 2.24) is 0 Å². The number of ether oxygens (including phenoxy) is 3. The van der Waals surface area contributed by atoms with Crippen molar-refractivity contribution in [3.05, 3.63) is 79.9 Å². The topological polar surface area (TPSA) is 168 Å². The number of carbonyl (C=O) groups excluding carboxylic acids is 2. The summed E-state index contributed by atoms with van der Waals surface area (Å²) in [5.74, 6) is -1.93. The van der Waals surface area contributed by atoms with E-state index in [9.17, 15) is 39.3 Å². The number of halogens is 1. The van der Waals surface area contributed by atoms with Gasteiger partial charge in [-0.2, -0.15) is 0 Å². The molecule has 168 valence electrons. The van der Waals surface area contributed by atoms with Crippen LogP contribution in [0.5, 0.6) is 0 Å². The highest BCUT2D eigenvalue weighted by atomic mass is 19.1. The fraction of sp³-hybridized carbons (Fsp3) is 0.263. The molecule has 2 aromatic rings. The van der Waals surface area contributed by atoms with Crippen LogP contribution in [0.15, 0.2) is 48.5 Å². The fourth-order valence-electron chi connectivity index (χ4n) is 2.85. The third-order valence-corrected chi connectivity index (χ3v) is 4.52. The molecule has 3 unspecified atom stereocenters. The number of carbonyl (C=O) groups is 2. The minimum atomic E-state index is -2.14. The number of benzene rings is 2. The molecule has 1 aliphatic heterocycles. The Kier molecular flexibility index (Phi) is 6.70. The second-order valence-corrected chi connectivity index (χ2v) is 6.59. The molecule has 0 aliphatic carbocycles. The summed E-state index contributed by atoms with van der Waals surface area (Å²) in [5.41, 5.74) is -0.626. The molecule has 0 radical (unpaired) electrons. The van der Waals surface area contributed by atoms with Gasteiger partial charge in [-0.15, -0.1) is 0 Å². The van der Waals surface area contributed by atoms with Crippen LogP contribution in [0.1, 0.15) is 20.7 Å². The van der Waals surface area contributed by atoms with Crippen LogP contribution in [0.2, 0.25) is 0 Å². The number of nitro groups is 2. The van der Waals surface area contributed by atoms with E-state index in [0.717, 1.165) is 48.5 Å². The third kappa shape index (κ3) is 5.01. The lowest BCUT2D eigenvalue weighted by molar-refractivity contribution is -0.385. The van der Waals surface area contributed by atoms with Gasteiger partial charge in [-0.05, 0) is 24.3 Å². The highest BCUT2D eigenvalue weighted by Gasteiger charge is 2.47. The Morgan fingerprint density at radius 1 is 0.938 bits per heavy atom. The van der Waals surface area contributed by atoms with Crippen LogP contribution in [0.3, 0.4) is 0 Å². The highest BCUT2D eigenvalue weighted by Crippen LogP contribution is 2.27. The second kappa shape index (κ2) is 9.45. The largest absolute Gasteiger partial charge is 0.459 e. The monoisotopic (exact) mass is 450 g/mol. The first-order valence-corrected chi connectivity index (χ1v) is 9.02. The maximum absolute atomic E-state index is 14.3. The van der Waals surface area contributed by atoms with Crippen molar-refractivity contribution < 1.29 is 43.1 Å². The number of rotatable bonds is 7. The summed E-state index contributed by atoms with van der Waals surface area (Å²) in [6.07, 6.45) is -7.05. The Morgan fingerprint density at radius 2 is 1.41 bits per heavy atom. The first kappa shape index (κ1) is 22.7. The van der Waals surface area contributed by atoms with Crippen molar-refractivity contribution in [1.29, 1.82) is 0 Å². The van der Waals surface area contributed by atoms with Gasteiger partial charge in [0.25, 0.3) is 11.4 Å². The number of esters is 2. The third-order valence-electron chi connectivity index (χ3n) is 4.52. The second-order valence-electron chi connectivity index (χ2n) is 6.59. The summed E-state index contributed by atoms with van der Waals surface area (Å²) in [7, 11) is 0. The molecule has 0 bridgehead atoms. The molecule has 12 nitrogen and oxygen atoms in total. The number of alkyl halides is 1. The van der Waals surface area contributed by atoms with Crippen LogP contribution in [0.25, 0.3) is 0 Å². The summed E-state index contributed by atoms with van der Waals surface area (Å²) in [4.78, 5) is 44.4. The van der Waals surface area contributed by atoms with Crippen LogP contribution in [0.4, 0.5) is 15.8 Å². The lowest BCUT2D eigenvalue weighted by atomic mass is 10.1. The van der Waals surface area contributed by atoms with E-state index < -0.39 is 53.1 Å². The van der Waals surface area contributed by atoms with E-state index in [1.165, 1.54) is 0 Å². The number of aliphatic hydroxyl groups is 1. The van der Waals surface area contributed by atoms with Crippen LogP contribution in [-0.2, 0) is 14.2 Å².